The van der Waals surface area contributed by atoms with Gasteiger partial charge in [0.1, 0.15) is 0 Å². The number of methoxy groups -OCH3 is 3. The largest absolute Gasteiger partial charge is 0.493 e. The SMILES string of the molecule is COc1cc(C2(O)CC3CCCC(C2)N3C)cc(OC)c1OC. The van der Waals surface area contributed by atoms with Crippen LogP contribution >= 0.6 is 0 Å². The second-order valence-electron chi connectivity index (χ2n) is 6.76. The summed E-state index contributed by atoms with van der Waals surface area (Å²) in [6.45, 7) is 0. The topological polar surface area (TPSA) is 51.2 Å². The minimum atomic E-state index is -0.838. The van der Waals surface area contributed by atoms with Crippen molar-refractivity contribution in [2.24, 2.45) is 0 Å². The Morgan fingerprint density at radius 3 is 1.96 bits per heavy atom. The molecule has 2 aliphatic heterocycles. The van der Waals surface area contributed by atoms with Gasteiger partial charge >= 0.3 is 0 Å². The van der Waals surface area contributed by atoms with E-state index in [1.165, 1.54) is 6.42 Å². The van der Waals surface area contributed by atoms with Crippen molar-refractivity contribution in [1.29, 1.82) is 0 Å². The summed E-state index contributed by atoms with van der Waals surface area (Å²) in [6, 6.07) is 4.66. The maximum Gasteiger partial charge on any atom is 0.203 e. The van der Waals surface area contributed by atoms with E-state index in [-0.39, 0.29) is 0 Å². The Hall–Kier alpha value is -1.46. The fraction of sp³-hybridized carbons (Fsp3) is 0.667. The molecule has 2 bridgehead atoms. The lowest BCUT2D eigenvalue weighted by molar-refractivity contribution is -0.0876. The summed E-state index contributed by atoms with van der Waals surface area (Å²) in [7, 11) is 6.99. The fourth-order valence-corrected chi connectivity index (χ4v) is 4.24. The first-order valence-corrected chi connectivity index (χ1v) is 8.27. The summed E-state index contributed by atoms with van der Waals surface area (Å²) in [6.07, 6.45) is 5.06. The van der Waals surface area contributed by atoms with Crippen molar-refractivity contribution in [3.8, 4) is 17.2 Å². The molecule has 5 heteroatoms. The van der Waals surface area contributed by atoms with Crippen LogP contribution in [0.15, 0.2) is 12.1 Å². The van der Waals surface area contributed by atoms with E-state index >= 15 is 0 Å². The average molecular weight is 321 g/mol. The van der Waals surface area contributed by atoms with Crippen LogP contribution in [-0.2, 0) is 5.60 Å². The molecule has 0 aliphatic carbocycles. The molecule has 2 heterocycles. The monoisotopic (exact) mass is 321 g/mol. The van der Waals surface area contributed by atoms with Crippen LogP contribution in [0.25, 0.3) is 0 Å². The summed E-state index contributed by atoms with van der Waals surface area (Å²) in [5.74, 6) is 1.76. The maximum absolute atomic E-state index is 11.4. The van der Waals surface area contributed by atoms with Gasteiger partial charge in [0.15, 0.2) is 11.5 Å². The van der Waals surface area contributed by atoms with Gasteiger partial charge in [-0.05, 0) is 50.4 Å². The number of benzene rings is 1. The molecule has 2 atom stereocenters. The van der Waals surface area contributed by atoms with E-state index in [4.69, 9.17) is 14.2 Å². The van der Waals surface area contributed by atoms with Gasteiger partial charge in [0, 0.05) is 12.1 Å². The van der Waals surface area contributed by atoms with Crippen LogP contribution in [0.3, 0.4) is 0 Å². The summed E-state index contributed by atoms with van der Waals surface area (Å²) in [5, 5.41) is 11.4. The zero-order chi connectivity index (χ0) is 16.6. The molecule has 2 unspecified atom stereocenters. The van der Waals surface area contributed by atoms with Gasteiger partial charge < -0.3 is 24.2 Å². The highest BCUT2D eigenvalue weighted by atomic mass is 16.5. The molecule has 1 aromatic rings. The highest BCUT2D eigenvalue weighted by molar-refractivity contribution is 5.55. The van der Waals surface area contributed by atoms with Crippen LogP contribution in [0, 0.1) is 0 Å². The number of hydrogen-bond acceptors (Lipinski definition) is 5. The van der Waals surface area contributed by atoms with Gasteiger partial charge in [-0.15, -0.1) is 0 Å². The number of fused-ring (bicyclic) bond motifs is 2. The van der Waals surface area contributed by atoms with E-state index < -0.39 is 5.60 Å². The van der Waals surface area contributed by atoms with Crippen LogP contribution in [0.2, 0.25) is 0 Å². The molecule has 5 nitrogen and oxygen atoms in total. The Morgan fingerprint density at radius 1 is 1.00 bits per heavy atom. The molecule has 2 aliphatic rings. The lowest BCUT2D eigenvalue weighted by atomic mass is 9.72. The quantitative estimate of drug-likeness (QED) is 0.923. The van der Waals surface area contributed by atoms with E-state index in [9.17, 15) is 5.11 Å². The molecule has 0 aromatic heterocycles. The van der Waals surface area contributed by atoms with Crippen molar-refractivity contribution >= 4 is 0 Å². The van der Waals surface area contributed by atoms with E-state index in [0.29, 0.717) is 29.3 Å². The highest BCUT2D eigenvalue weighted by Crippen LogP contribution is 2.47. The molecule has 1 aromatic carbocycles. The van der Waals surface area contributed by atoms with Gasteiger partial charge in [0.25, 0.3) is 0 Å². The minimum absolute atomic E-state index is 0.437. The molecular weight excluding hydrogens is 294 g/mol. The van der Waals surface area contributed by atoms with Crippen LogP contribution in [0.5, 0.6) is 17.2 Å². The molecule has 0 amide bonds. The van der Waals surface area contributed by atoms with Gasteiger partial charge in [-0.3, -0.25) is 0 Å². The van der Waals surface area contributed by atoms with Crippen molar-refractivity contribution < 1.29 is 19.3 Å². The first-order chi connectivity index (χ1) is 11.0. The number of nitrogens with zero attached hydrogens (tertiary/aromatic N) is 1. The third-order valence-electron chi connectivity index (χ3n) is 5.58. The molecule has 0 radical (unpaired) electrons. The zero-order valence-corrected chi connectivity index (χ0v) is 14.5. The smallest absolute Gasteiger partial charge is 0.203 e. The number of hydrogen-bond donors (Lipinski definition) is 1. The Labute approximate surface area is 138 Å². The van der Waals surface area contributed by atoms with E-state index in [1.807, 2.05) is 12.1 Å². The maximum atomic E-state index is 11.4. The number of ether oxygens (including phenoxy) is 3. The lowest BCUT2D eigenvalue weighted by Crippen LogP contribution is -2.55. The zero-order valence-electron chi connectivity index (χ0n) is 14.5. The molecule has 23 heavy (non-hydrogen) atoms. The first kappa shape index (κ1) is 16.4. The van der Waals surface area contributed by atoms with Crippen LogP contribution in [0.4, 0.5) is 0 Å². The van der Waals surface area contributed by atoms with E-state index in [0.717, 1.165) is 31.2 Å². The molecule has 0 spiro atoms. The number of rotatable bonds is 4. The lowest BCUT2D eigenvalue weighted by Gasteiger charge is -2.50. The first-order valence-electron chi connectivity index (χ1n) is 8.27. The average Bonchev–Trinajstić information content (AvgIpc) is 2.55. The molecule has 3 rings (SSSR count). The van der Waals surface area contributed by atoms with Crippen LogP contribution in [0.1, 0.15) is 37.7 Å². The van der Waals surface area contributed by atoms with Crippen molar-refractivity contribution in [3.05, 3.63) is 17.7 Å². The van der Waals surface area contributed by atoms with E-state index in [2.05, 4.69) is 11.9 Å². The third-order valence-corrected chi connectivity index (χ3v) is 5.58. The van der Waals surface area contributed by atoms with Gasteiger partial charge in [0.2, 0.25) is 5.75 Å². The second-order valence-corrected chi connectivity index (χ2v) is 6.76. The number of aliphatic hydroxyl groups is 1. The second kappa shape index (κ2) is 6.21. The summed E-state index contributed by atoms with van der Waals surface area (Å²) in [5.41, 5.74) is 0.0201. The van der Waals surface area contributed by atoms with Crippen molar-refractivity contribution in [3.63, 3.8) is 0 Å². The predicted octanol–water partition coefficient (Wildman–Crippen LogP) is 2.55. The predicted molar refractivity (Wildman–Crippen MR) is 88.4 cm³/mol. The summed E-state index contributed by atoms with van der Waals surface area (Å²) < 4.78 is 16.3. The van der Waals surface area contributed by atoms with E-state index in [1.54, 1.807) is 21.3 Å². The highest BCUT2D eigenvalue weighted by Gasteiger charge is 2.45. The van der Waals surface area contributed by atoms with Gasteiger partial charge in [0.05, 0.1) is 26.9 Å². The summed E-state index contributed by atoms with van der Waals surface area (Å²) >= 11 is 0. The summed E-state index contributed by atoms with van der Waals surface area (Å²) in [4.78, 5) is 2.44. The minimum Gasteiger partial charge on any atom is -0.493 e. The fourth-order valence-electron chi connectivity index (χ4n) is 4.24. The molecule has 128 valence electrons. The van der Waals surface area contributed by atoms with Gasteiger partial charge in [-0.25, -0.2) is 0 Å². The van der Waals surface area contributed by atoms with Crippen LogP contribution < -0.4 is 14.2 Å². The van der Waals surface area contributed by atoms with Crippen molar-refractivity contribution in [2.75, 3.05) is 28.4 Å². The molecule has 2 fully saturated rings. The molecule has 1 N–H and O–H groups in total. The standard InChI is InChI=1S/C18H27NO4/c1-19-13-6-5-7-14(19)11-18(20,10-13)12-8-15(21-2)17(23-4)16(9-12)22-3/h8-9,13-14,20H,5-7,10-11H2,1-4H3. The van der Waals surface area contributed by atoms with Crippen molar-refractivity contribution in [1.82, 2.24) is 4.90 Å². The third kappa shape index (κ3) is 2.76. The Kier molecular flexibility index (Phi) is 4.43. The Bertz CT molecular complexity index is 535. The molecular formula is C18H27NO4. The molecule has 0 saturated carbocycles. The Morgan fingerprint density at radius 2 is 1.52 bits per heavy atom. The van der Waals surface area contributed by atoms with Crippen molar-refractivity contribution in [2.45, 2.75) is 49.8 Å². The Balaban J connectivity index is 2.00. The van der Waals surface area contributed by atoms with Gasteiger partial charge in [-0.1, -0.05) is 6.42 Å². The van der Waals surface area contributed by atoms with Crippen LogP contribution in [-0.4, -0.2) is 50.5 Å². The molecule has 2 saturated heterocycles. The normalized spacial score (nSPS) is 30.8. The number of piperidine rings is 2. The van der Waals surface area contributed by atoms with Gasteiger partial charge in [-0.2, -0.15) is 0 Å².